The number of hydrogen-bond donors (Lipinski definition) is 1. The summed E-state index contributed by atoms with van der Waals surface area (Å²) in [6.07, 6.45) is 4.03. The van der Waals surface area contributed by atoms with Crippen molar-refractivity contribution in [1.82, 2.24) is 4.98 Å². The minimum atomic E-state index is 0.861. The van der Waals surface area contributed by atoms with Crippen LogP contribution >= 0.6 is 0 Å². The first-order valence-corrected chi connectivity index (χ1v) is 6.77. The van der Waals surface area contributed by atoms with Crippen LogP contribution in [0.3, 0.4) is 0 Å². The number of aromatic amines is 1. The molecule has 0 unspecified atom stereocenters. The van der Waals surface area contributed by atoms with Gasteiger partial charge in [-0.1, -0.05) is 24.3 Å². The fourth-order valence-electron chi connectivity index (χ4n) is 2.38. The second kappa shape index (κ2) is 5.75. The summed E-state index contributed by atoms with van der Waals surface area (Å²) in [7, 11) is 3.35. The van der Waals surface area contributed by atoms with Crippen LogP contribution in [0.25, 0.3) is 22.3 Å². The third-order valence-corrected chi connectivity index (χ3v) is 3.55. The molecule has 106 valence electrons. The van der Waals surface area contributed by atoms with Crippen molar-refractivity contribution >= 4 is 0 Å². The highest BCUT2D eigenvalue weighted by molar-refractivity contribution is 5.83. The number of rotatable bonds is 4. The molecular weight excluding hydrogens is 262 g/mol. The molecular formula is C18H17NO2. The fraction of sp³-hybridized carbons (Fsp3) is 0.111. The molecule has 1 N–H and O–H groups in total. The lowest BCUT2D eigenvalue weighted by Crippen LogP contribution is -1.84. The van der Waals surface area contributed by atoms with E-state index in [0.29, 0.717) is 0 Å². The van der Waals surface area contributed by atoms with E-state index in [-0.39, 0.29) is 0 Å². The van der Waals surface area contributed by atoms with Crippen molar-refractivity contribution in [2.45, 2.75) is 0 Å². The highest BCUT2D eigenvalue weighted by Crippen LogP contribution is 2.33. The fourth-order valence-corrected chi connectivity index (χ4v) is 2.38. The van der Waals surface area contributed by atoms with Crippen LogP contribution in [-0.4, -0.2) is 19.2 Å². The molecule has 0 fully saturated rings. The molecule has 0 bridgehead atoms. The van der Waals surface area contributed by atoms with E-state index in [1.807, 2.05) is 36.7 Å². The summed E-state index contributed by atoms with van der Waals surface area (Å²) in [5, 5.41) is 0. The smallest absolute Gasteiger partial charge is 0.118 e. The summed E-state index contributed by atoms with van der Waals surface area (Å²) in [5.74, 6) is 1.72. The molecule has 1 aromatic heterocycles. The van der Waals surface area contributed by atoms with Gasteiger partial charge in [0.2, 0.25) is 0 Å². The van der Waals surface area contributed by atoms with Crippen LogP contribution in [0.15, 0.2) is 60.9 Å². The molecule has 0 aliphatic heterocycles. The third kappa shape index (κ3) is 2.63. The number of benzene rings is 2. The summed E-state index contributed by atoms with van der Waals surface area (Å²) in [6, 6.07) is 16.1. The van der Waals surface area contributed by atoms with E-state index in [2.05, 4.69) is 29.2 Å². The molecule has 3 heteroatoms. The number of ether oxygens (including phenoxy) is 2. The molecule has 0 saturated carbocycles. The van der Waals surface area contributed by atoms with E-state index in [1.165, 1.54) is 11.1 Å². The van der Waals surface area contributed by atoms with Crippen molar-refractivity contribution in [1.29, 1.82) is 0 Å². The zero-order valence-electron chi connectivity index (χ0n) is 12.1. The zero-order valence-corrected chi connectivity index (χ0v) is 12.1. The van der Waals surface area contributed by atoms with E-state index in [1.54, 1.807) is 14.2 Å². The van der Waals surface area contributed by atoms with Crippen molar-refractivity contribution in [2.24, 2.45) is 0 Å². The summed E-state index contributed by atoms with van der Waals surface area (Å²) in [6.45, 7) is 0. The quantitative estimate of drug-likeness (QED) is 0.769. The van der Waals surface area contributed by atoms with Gasteiger partial charge in [0, 0.05) is 23.5 Å². The van der Waals surface area contributed by atoms with Crippen molar-refractivity contribution < 1.29 is 9.47 Å². The summed E-state index contributed by atoms with van der Waals surface area (Å²) >= 11 is 0. The zero-order chi connectivity index (χ0) is 14.7. The summed E-state index contributed by atoms with van der Waals surface area (Å²) in [5.41, 5.74) is 4.65. The molecule has 0 aliphatic carbocycles. The lowest BCUT2D eigenvalue weighted by molar-refractivity contribution is 0.414. The Morgan fingerprint density at radius 3 is 1.33 bits per heavy atom. The Morgan fingerprint density at radius 1 is 0.619 bits per heavy atom. The first kappa shape index (κ1) is 13.3. The summed E-state index contributed by atoms with van der Waals surface area (Å²) in [4.78, 5) is 3.19. The number of methoxy groups -OCH3 is 2. The lowest BCUT2D eigenvalue weighted by Gasteiger charge is -2.07. The molecule has 3 aromatic rings. The van der Waals surface area contributed by atoms with E-state index < -0.39 is 0 Å². The number of H-pyrrole nitrogens is 1. The van der Waals surface area contributed by atoms with Crippen molar-refractivity contribution in [3.63, 3.8) is 0 Å². The maximum atomic E-state index is 5.21. The van der Waals surface area contributed by atoms with E-state index in [9.17, 15) is 0 Å². The van der Waals surface area contributed by atoms with Gasteiger partial charge in [-0.15, -0.1) is 0 Å². The Labute approximate surface area is 124 Å². The molecule has 0 radical (unpaired) electrons. The SMILES string of the molecule is COc1ccc(-c2c[nH]cc2-c2ccc(OC)cc2)cc1. The van der Waals surface area contributed by atoms with Gasteiger partial charge < -0.3 is 14.5 Å². The van der Waals surface area contributed by atoms with Crippen LogP contribution in [0.5, 0.6) is 11.5 Å². The molecule has 0 aliphatic rings. The molecule has 3 rings (SSSR count). The van der Waals surface area contributed by atoms with Gasteiger partial charge in [-0.2, -0.15) is 0 Å². The van der Waals surface area contributed by atoms with Crippen LogP contribution < -0.4 is 9.47 Å². The van der Waals surface area contributed by atoms with Gasteiger partial charge in [0.25, 0.3) is 0 Å². The molecule has 0 saturated heterocycles. The van der Waals surface area contributed by atoms with Gasteiger partial charge in [0.05, 0.1) is 14.2 Å². The van der Waals surface area contributed by atoms with Gasteiger partial charge in [0.1, 0.15) is 11.5 Å². The van der Waals surface area contributed by atoms with Crippen LogP contribution in [0.2, 0.25) is 0 Å². The van der Waals surface area contributed by atoms with Gasteiger partial charge in [0.15, 0.2) is 0 Å². The molecule has 3 nitrogen and oxygen atoms in total. The van der Waals surface area contributed by atoms with Crippen molar-refractivity contribution in [3.8, 4) is 33.8 Å². The van der Waals surface area contributed by atoms with Gasteiger partial charge >= 0.3 is 0 Å². The van der Waals surface area contributed by atoms with Crippen LogP contribution in [0.4, 0.5) is 0 Å². The Kier molecular flexibility index (Phi) is 3.65. The predicted octanol–water partition coefficient (Wildman–Crippen LogP) is 4.37. The first-order valence-electron chi connectivity index (χ1n) is 6.77. The third-order valence-electron chi connectivity index (χ3n) is 3.55. The van der Waals surface area contributed by atoms with Gasteiger partial charge in [-0.3, -0.25) is 0 Å². The van der Waals surface area contributed by atoms with E-state index in [0.717, 1.165) is 22.6 Å². The molecule has 2 aromatic carbocycles. The Hall–Kier alpha value is -2.68. The molecule has 21 heavy (non-hydrogen) atoms. The monoisotopic (exact) mass is 279 g/mol. The average Bonchev–Trinajstić information content (AvgIpc) is 3.04. The minimum Gasteiger partial charge on any atom is -0.497 e. The van der Waals surface area contributed by atoms with Crippen LogP contribution in [0.1, 0.15) is 0 Å². The number of nitrogens with one attached hydrogen (secondary N) is 1. The maximum Gasteiger partial charge on any atom is 0.118 e. The average molecular weight is 279 g/mol. The van der Waals surface area contributed by atoms with Crippen LogP contribution in [0, 0.1) is 0 Å². The number of hydrogen-bond acceptors (Lipinski definition) is 2. The first-order chi connectivity index (χ1) is 10.3. The largest absolute Gasteiger partial charge is 0.497 e. The van der Waals surface area contributed by atoms with Crippen LogP contribution in [-0.2, 0) is 0 Å². The number of aromatic nitrogens is 1. The molecule has 1 heterocycles. The normalized spacial score (nSPS) is 10.4. The van der Waals surface area contributed by atoms with E-state index >= 15 is 0 Å². The van der Waals surface area contributed by atoms with Gasteiger partial charge in [-0.25, -0.2) is 0 Å². The van der Waals surface area contributed by atoms with Crippen molar-refractivity contribution in [3.05, 3.63) is 60.9 Å². The van der Waals surface area contributed by atoms with Gasteiger partial charge in [-0.05, 0) is 35.4 Å². The van der Waals surface area contributed by atoms with E-state index in [4.69, 9.17) is 9.47 Å². The predicted molar refractivity (Wildman–Crippen MR) is 84.8 cm³/mol. The van der Waals surface area contributed by atoms with Crippen molar-refractivity contribution in [2.75, 3.05) is 14.2 Å². The minimum absolute atomic E-state index is 0.861. The topological polar surface area (TPSA) is 34.2 Å². The highest BCUT2D eigenvalue weighted by atomic mass is 16.5. The Morgan fingerprint density at radius 2 is 1.00 bits per heavy atom. The molecule has 0 atom stereocenters. The maximum absolute atomic E-state index is 5.21. The Balaban J connectivity index is 1.99. The second-order valence-electron chi connectivity index (χ2n) is 4.74. The second-order valence-corrected chi connectivity index (χ2v) is 4.74. The molecule has 0 spiro atoms. The molecule has 0 amide bonds. The lowest BCUT2D eigenvalue weighted by atomic mass is 9.99. The summed E-state index contributed by atoms with van der Waals surface area (Å²) < 4.78 is 10.4. The highest BCUT2D eigenvalue weighted by Gasteiger charge is 2.08. The standard InChI is InChI=1S/C18H17NO2/c1-20-15-7-3-13(4-8-15)17-11-19-12-18(17)14-5-9-16(21-2)10-6-14/h3-12,19H,1-2H3. The Bertz CT molecular complexity index is 650.